The third-order valence-electron chi connectivity index (χ3n) is 5.86. The van der Waals surface area contributed by atoms with Crippen LogP contribution in [0.25, 0.3) is 10.9 Å². The van der Waals surface area contributed by atoms with Crippen LogP contribution in [0.2, 0.25) is 0 Å². The van der Waals surface area contributed by atoms with Crippen LogP contribution >= 0.6 is 0 Å². The van der Waals surface area contributed by atoms with E-state index in [4.69, 9.17) is 14.2 Å². The van der Waals surface area contributed by atoms with Crippen LogP contribution in [0.3, 0.4) is 0 Å². The molecular formula is C29H34N2O7. The number of Topliss-reactive ketones (excluding diaryl/α,β-unsaturated/α-hetero) is 1. The summed E-state index contributed by atoms with van der Waals surface area (Å²) in [5.74, 6) is -1.74. The number of hydrogen-bond donors (Lipinski definition) is 1. The lowest BCUT2D eigenvalue weighted by Gasteiger charge is -2.19. The molecule has 0 saturated carbocycles. The Kier molecular flexibility index (Phi) is 9.28. The highest BCUT2D eigenvalue weighted by molar-refractivity contribution is 5.93. The van der Waals surface area contributed by atoms with Crippen molar-refractivity contribution in [2.45, 2.75) is 58.8 Å². The second-order valence-electron chi connectivity index (χ2n) is 10.0. The minimum Gasteiger partial charge on any atom is -0.469 e. The van der Waals surface area contributed by atoms with Gasteiger partial charge in [0, 0.05) is 18.0 Å². The second-order valence-corrected chi connectivity index (χ2v) is 10.0. The van der Waals surface area contributed by atoms with E-state index in [0.29, 0.717) is 11.1 Å². The molecule has 1 N–H and O–H groups in total. The molecule has 0 aliphatic heterocycles. The molecule has 0 aliphatic carbocycles. The van der Waals surface area contributed by atoms with E-state index in [1.807, 2.05) is 42.5 Å². The van der Waals surface area contributed by atoms with Crippen LogP contribution in [0.4, 0.5) is 9.59 Å². The van der Waals surface area contributed by atoms with Crippen molar-refractivity contribution < 1.29 is 33.4 Å². The fraction of sp³-hybridized carbons (Fsp3) is 0.379. The quantitative estimate of drug-likeness (QED) is 0.310. The third-order valence-corrected chi connectivity index (χ3v) is 5.86. The van der Waals surface area contributed by atoms with E-state index in [1.165, 1.54) is 18.6 Å². The molecule has 1 heterocycles. The number of hydrogen-bond acceptors (Lipinski definition) is 7. The summed E-state index contributed by atoms with van der Waals surface area (Å²) < 4.78 is 17.1. The Morgan fingerprint density at radius 2 is 1.63 bits per heavy atom. The summed E-state index contributed by atoms with van der Waals surface area (Å²) in [6.07, 6.45) is 0.336. The average Bonchev–Trinajstić information content (AvgIpc) is 3.24. The molecule has 0 bridgehead atoms. The first-order chi connectivity index (χ1) is 18.0. The highest BCUT2D eigenvalue weighted by Crippen LogP contribution is 2.26. The first kappa shape index (κ1) is 28.4. The fourth-order valence-electron chi connectivity index (χ4n) is 3.99. The maximum Gasteiger partial charge on any atom is 0.419 e. The topological polar surface area (TPSA) is 113 Å². The zero-order valence-corrected chi connectivity index (χ0v) is 22.4. The molecule has 3 aromatic rings. The average molecular weight is 523 g/mol. The minimum absolute atomic E-state index is 0.0695. The number of fused-ring (bicyclic) bond motifs is 1. The molecule has 0 saturated heterocycles. The Morgan fingerprint density at radius 3 is 2.29 bits per heavy atom. The molecule has 0 radical (unpaired) electrons. The van der Waals surface area contributed by atoms with Gasteiger partial charge in [0.05, 0.1) is 24.6 Å². The standard InChI is InChI=1S/C29H34N2O7/c1-19(30-27(34)37-18-20-11-7-6-8-12-20)25(32)16-21(26(33)36-5)15-22-17-31(28(35)38-29(2,3)4)24-14-10-9-13-23(22)24/h6-14,17,19,21H,15-16,18H2,1-5H3,(H,30,34)/t19?,21-/m1/s1. The van der Waals surface area contributed by atoms with Crippen LogP contribution in [0.1, 0.15) is 45.2 Å². The van der Waals surface area contributed by atoms with Crippen molar-refractivity contribution in [1.29, 1.82) is 0 Å². The van der Waals surface area contributed by atoms with Gasteiger partial charge in [0.1, 0.15) is 12.2 Å². The number of nitrogens with zero attached hydrogens (tertiary/aromatic N) is 1. The van der Waals surface area contributed by atoms with Gasteiger partial charge in [-0.25, -0.2) is 9.59 Å². The van der Waals surface area contributed by atoms with E-state index < -0.39 is 35.7 Å². The number of ketones is 1. The Balaban J connectivity index is 1.71. The number of benzene rings is 2. The molecule has 2 aromatic carbocycles. The van der Waals surface area contributed by atoms with Crippen molar-refractivity contribution in [2.24, 2.45) is 5.92 Å². The lowest BCUT2D eigenvalue weighted by Crippen LogP contribution is -2.40. The van der Waals surface area contributed by atoms with Crippen LogP contribution in [0.15, 0.2) is 60.8 Å². The Hall–Kier alpha value is -4.14. The number of alkyl carbamates (subject to hydrolysis) is 1. The SMILES string of the molecule is COC(=O)[C@@H](CC(=O)C(C)NC(=O)OCc1ccccc1)Cc1cn(C(=O)OC(C)(C)C)c2ccccc12. The Morgan fingerprint density at radius 1 is 0.974 bits per heavy atom. The molecule has 3 rings (SSSR count). The number of esters is 1. The molecule has 2 atom stereocenters. The number of amides is 1. The van der Waals surface area contributed by atoms with Gasteiger partial charge in [-0.05, 0) is 51.3 Å². The highest BCUT2D eigenvalue weighted by atomic mass is 16.6. The molecule has 0 aliphatic rings. The molecule has 202 valence electrons. The molecule has 1 aromatic heterocycles. The number of aromatic nitrogens is 1. The van der Waals surface area contributed by atoms with Gasteiger partial charge >= 0.3 is 18.2 Å². The number of rotatable bonds is 9. The number of carbonyl (C=O) groups is 4. The van der Waals surface area contributed by atoms with Gasteiger partial charge in [-0.1, -0.05) is 48.5 Å². The largest absolute Gasteiger partial charge is 0.469 e. The van der Waals surface area contributed by atoms with Gasteiger partial charge < -0.3 is 19.5 Å². The lowest BCUT2D eigenvalue weighted by molar-refractivity contribution is -0.147. The van der Waals surface area contributed by atoms with Crippen molar-refractivity contribution in [3.63, 3.8) is 0 Å². The summed E-state index contributed by atoms with van der Waals surface area (Å²) in [7, 11) is 1.26. The molecule has 1 unspecified atom stereocenters. The van der Waals surface area contributed by atoms with E-state index in [9.17, 15) is 19.2 Å². The molecule has 9 nitrogen and oxygen atoms in total. The Labute approximate surface area is 222 Å². The molecule has 0 spiro atoms. The summed E-state index contributed by atoms with van der Waals surface area (Å²) in [6.45, 7) is 6.95. The number of methoxy groups -OCH3 is 1. The summed E-state index contributed by atoms with van der Waals surface area (Å²) in [6, 6.07) is 15.6. The first-order valence-electron chi connectivity index (χ1n) is 12.4. The number of carbonyl (C=O) groups excluding carboxylic acids is 4. The smallest absolute Gasteiger partial charge is 0.419 e. The normalized spacial score (nSPS) is 12.9. The minimum atomic E-state index is -0.881. The van der Waals surface area contributed by atoms with Crippen molar-refractivity contribution in [3.05, 3.63) is 71.9 Å². The van der Waals surface area contributed by atoms with E-state index in [-0.39, 0.29) is 25.2 Å². The number of nitrogens with one attached hydrogen (secondary N) is 1. The highest BCUT2D eigenvalue weighted by Gasteiger charge is 2.29. The van der Waals surface area contributed by atoms with Gasteiger partial charge in [0.25, 0.3) is 0 Å². The van der Waals surface area contributed by atoms with E-state index in [0.717, 1.165) is 10.9 Å². The van der Waals surface area contributed by atoms with Crippen LogP contribution in [0, 0.1) is 5.92 Å². The van der Waals surface area contributed by atoms with Crippen LogP contribution in [0.5, 0.6) is 0 Å². The summed E-state index contributed by atoms with van der Waals surface area (Å²) in [4.78, 5) is 50.6. The molecular weight excluding hydrogens is 488 g/mol. The second kappa shape index (κ2) is 12.4. The van der Waals surface area contributed by atoms with Crippen molar-refractivity contribution in [2.75, 3.05) is 7.11 Å². The van der Waals surface area contributed by atoms with Crippen molar-refractivity contribution >= 4 is 34.8 Å². The zero-order valence-electron chi connectivity index (χ0n) is 22.4. The summed E-state index contributed by atoms with van der Waals surface area (Å²) >= 11 is 0. The lowest BCUT2D eigenvalue weighted by atomic mass is 9.92. The van der Waals surface area contributed by atoms with E-state index >= 15 is 0 Å². The van der Waals surface area contributed by atoms with E-state index in [2.05, 4.69) is 5.32 Å². The van der Waals surface area contributed by atoms with Crippen molar-refractivity contribution in [1.82, 2.24) is 9.88 Å². The number of ether oxygens (including phenoxy) is 3. The monoisotopic (exact) mass is 522 g/mol. The van der Waals surface area contributed by atoms with Gasteiger partial charge in [-0.3, -0.25) is 14.2 Å². The summed E-state index contributed by atoms with van der Waals surface area (Å²) in [5.41, 5.74) is 1.45. The van der Waals surface area contributed by atoms with Gasteiger partial charge in [-0.15, -0.1) is 0 Å². The predicted octanol–water partition coefficient (Wildman–Crippen LogP) is 5.03. The van der Waals surface area contributed by atoms with Gasteiger partial charge in [-0.2, -0.15) is 0 Å². The number of para-hydroxylation sites is 1. The molecule has 1 amide bonds. The van der Waals surface area contributed by atoms with Crippen LogP contribution < -0.4 is 5.32 Å². The maximum absolute atomic E-state index is 13.0. The van der Waals surface area contributed by atoms with Crippen LogP contribution in [-0.2, 0) is 36.8 Å². The van der Waals surface area contributed by atoms with Gasteiger partial charge in [0.2, 0.25) is 0 Å². The first-order valence-corrected chi connectivity index (χ1v) is 12.4. The summed E-state index contributed by atoms with van der Waals surface area (Å²) in [5, 5.41) is 3.28. The molecule has 9 heteroatoms. The maximum atomic E-state index is 13.0. The van der Waals surface area contributed by atoms with Crippen molar-refractivity contribution in [3.8, 4) is 0 Å². The predicted molar refractivity (Wildman–Crippen MR) is 142 cm³/mol. The third kappa shape index (κ3) is 7.68. The fourth-order valence-corrected chi connectivity index (χ4v) is 3.99. The van der Waals surface area contributed by atoms with E-state index in [1.54, 1.807) is 39.1 Å². The van der Waals surface area contributed by atoms with Crippen LogP contribution in [-0.4, -0.2) is 47.3 Å². The molecule has 38 heavy (non-hydrogen) atoms. The molecule has 0 fully saturated rings. The zero-order chi connectivity index (χ0) is 27.9. The van der Waals surface area contributed by atoms with Gasteiger partial charge in [0.15, 0.2) is 5.78 Å². The Bertz CT molecular complexity index is 1290.